The summed E-state index contributed by atoms with van der Waals surface area (Å²) in [4.78, 5) is 12.4. The van der Waals surface area contributed by atoms with Gasteiger partial charge in [-0.3, -0.25) is 4.79 Å². The number of hydrogen-bond acceptors (Lipinski definition) is 3. The van der Waals surface area contributed by atoms with Gasteiger partial charge in [0.1, 0.15) is 0 Å². The van der Waals surface area contributed by atoms with Gasteiger partial charge in [0.15, 0.2) is 11.6 Å². The van der Waals surface area contributed by atoms with Gasteiger partial charge >= 0.3 is 0 Å². The highest BCUT2D eigenvalue weighted by atomic mass is 19.1. The molecule has 2 aliphatic rings. The van der Waals surface area contributed by atoms with E-state index in [1.807, 2.05) is 13.0 Å². The molecule has 2 fully saturated rings. The molecule has 0 aliphatic heterocycles. The van der Waals surface area contributed by atoms with Crippen molar-refractivity contribution in [3.63, 3.8) is 0 Å². The Kier molecular flexibility index (Phi) is 5.39. The summed E-state index contributed by atoms with van der Waals surface area (Å²) in [7, 11) is 0. The Morgan fingerprint density at radius 1 is 1.38 bits per heavy atom. The topological polar surface area (TPSA) is 64.4 Å². The molecule has 0 bridgehead atoms. The summed E-state index contributed by atoms with van der Waals surface area (Å²) in [5.74, 6) is 0.509. The molecule has 4 nitrogen and oxygen atoms in total. The fourth-order valence-electron chi connectivity index (χ4n) is 3.28. The third-order valence-corrected chi connectivity index (χ3v) is 5.07. The van der Waals surface area contributed by atoms with Gasteiger partial charge in [-0.1, -0.05) is 12.5 Å². The van der Waals surface area contributed by atoms with Crippen molar-refractivity contribution < 1.29 is 13.9 Å². The minimum absolute atomic E-state index is 0.0205. The Hall–Kier alpha value is -1.62. The zero-order chi connectivity index (χ0) is 17.1. The van der Waals surface area contributed by atoms with Crippen molar-refractivity contribution in [1.29, 1.82) is 0 Å². The third kappa shape index (κ3) is 4.47. The van der Waals surface area contributed by atoms with Gasteiger partial charge in [-0.25, -0.2) is 4.39 Å². The highest BCUT2D eigenvalue weighted by molar-refractivity contribution is 5.79. The van der Waals surface area contributed by atoms with Crippen LogP contribution in [0.15, 0.2) is 18.2 Å². The summed E-state index contributed by atoms with van der Waals surface area (Å²) < 4.78 is 19.7. The molecule has 0 aromatic heterocycles. The second kappa shape index (κ2) is 7.51. The molecule has 2 saturated carbocycles. The maximum absolute atomic E-state index is 14.2. The average Bonchev–Trinajstić information content (AvgIpc) is 3.38. The molecule has 24 heavy (non-hydrogen) atoms. The second-order valence-corrected chi connectivity index (χ2v) is 7.30. The Morgan fingerprint density at radius 2 is 2.17 bits per heavy atom. The van der Waals surface area contributed by atoms with Crippen molar-refractivity contribution in [2.45, 2.75) is 57.5 Å². The first kappa shape index (κ1) is 17.2. The van der Waals surface area contributed by atoms with Crippen LogP contribution in [0.4, 0.5) is 4.39 Å². The number of benzene rings is 1. The van der Waals surface area contributed by atoms with E-state index in [1.165, 1.54) is 18.9 Å². The van der Waals surface area contributed by atoms with E-state index < -0.39 is 0 Å². The van der Waals surface area contributed by atoms with Gasteiger partial charge in [0.2, 0.25) is 5.91 Å². The molecule has 0 saturated heterocycles. The molecular weight excluding hydrogens is 307 g/mol. The van der Waals surface area contributed by atoms with E-state index in [-0.39, 0.29) is 29.7 Å². The fourth-order valence-corrected chi connectivity index (χ4v) is 3.28. The van der Waals surface area contributed by atoms with Crippen LogP contribution >= 0.6 is 0 Å². The molecule has 0 spiro atoms. The van der Waals surface area contributed by atoms with Crippen molar-refractivity contribution >= 4 is 5.91 Å². The molecule has 132 valence electrons. The molecule has 0 heterocycles. The number of carbonyl (C=O) groups excluding carboxylic acids is 1. The quantitative estimate of drug-likeness (QED) is 0.839. The normalized spacial score (nSPS) is 25.1. The maximum atomic E-state index is 14.2. The molecular formula is C19H27FN2O2. The van der Waals surface area contributed by atoms with E-state index in [2.05, 4.69) is 5.32 Å². The zero-order valence-electron chi connectivity index (χ0n) is 14.3. The number of ether oxygens (including phenoxy) is 1. The Bertz CT molecular complexity index is 589. The highest BCUT2D eigenvalue weighted by Gasteiger charge is 2.26. The van der Waals surface area contributed by atoms with Gasteiger partial charge in [-0.2, -0.15) is 0 Å². The second-order valence-electron chi connectivity index (χ2n) is 7.30. The Labute approximate surface area is 142 Å². The minimum atomic E-state index is -0.367. The summed E-state index contributed by atoms with van der Waals surface area (Å²) in [6.45, 7) is 2.46. The number of hydrogen-bond donors (Lipinski definition) is 2. The van der Waals surface area contributed by atoms with Crippen LogP contribution in [-0.2, 0) is 4.79 Å². The molecule has 2 aliphatic carbocycles. The largest absolute Gasteiger partial charge is 0.490 e. The van der Waals surface area contributed by atoms with Crippen molar-refractivity contribution in [3.8, 4) is 5.75 Å². The number of nitrogens with one attached hydrogen (secondary N) is 1. The molecule has 1 amide bonds. The molecule has 3 rings (SSSR count). The minimum Gasteiger partial charge on any atom is -0.490 e. The lowest BCUT2D eigenvalue weighted by Gasteiger charge is -2.27. The fraction of sp³-hybridized carbons (Fsp3) is 0.632. The van der Waals surface area contributed by atoms with Gasteiger partial charge in [-0.05, 0) is 62.6 Å². The number of halogens is 1. The third-order valence-electron chi connectivity index (χ3n) is 5.07. The molecule has 3 atom stereocenters. The molecule has 1 aromatic carbocycles. The van der Waals surface area contributed by atoms with Gasteiger partial charge in [-0.15, -0.1) is 0 Å². The number of carbonyl (C=O) groups is 1. The highest BCUT2D eigenvalue weighted by Crippen LogP contribution is 2.31. The van der Waals surface area contributed by atoms with Crippen LogP contribution < -0.4 is 15.8 Å². The maximum Gasteiger partial charge on any atom is 0.223 e. The Morgan fingerprint density at radius 3 is 2.83 bits per heavy atom. The van der Waals surface area contributed by atoms with Crippen molar-refractivity contribution in [2.24, 2.45) is 17.6 Å². The van der Waals surface area contributed by atoms with Crippen LogP contribution in [-0.4, -0.2) is 18.6 Å². The predicted molar refractivity (Wildman–Crippen MR) is 91.1 cm³/mol. The van der Waals surface area contributed by atoms with Crippen molar-refractivity contribution in [1.82, 2.24) is 5.32 Å². The van der Waals surface area contributed by atoms with Crippen molar-refractivity contribution in [2.75, 3.05) is 6.61 Å². The van der Waals surface area contributed by atoms with Crippen molar-refractivity contribution in [3.05, 3.63) is 29.6 Å². The van der Waals surface area contributed by atoms with E-state index in [9.17, 15) is 9.18 Å². The predicted octanol–water partition coefficient (Wildman–Crippen LogP) is 3.31. The lowest BCUT2D eigenvalue weighted by atomic mass is 9.85. The molecule has 0 radical (unpaired) electrons. The summed E-state index contributed by atoms with van der Waals surface area (Å²) in [6, 6.07) is 4.82. The standard InChI is InChI=1S/C19H27FN2O2/c1-12(22-19(23)15-3-2-4-16(21)9-15)14-7-8-18(17(20)10-14)24-11-13-5-6-13/h7-8,10,12-13,15-16H,2-6,9,11,21H2,1H3,(H,22,23). The SMILES string of the molecule is CC(NC(=O)C1CCCC(N)C1)c1ccc(OCC2CC2)c(F)c1. The summed E-state index contributed by atoms with van der Waals surface area (Å²) in [5.41, 5.74) is 6.70. The lowest BCUT2D eigenvalue weighted by molar-refractivity contribution is -0.126. The van der Waals surface area contributed by atoms with E-state index in [0.29, 0.717) is 18.3 Å². The van der Waals surface area contributed by atoms with Gasteiger partial charge in [0.05, 0.1) is 12.6 Å². The zero-order valence-corrected chi connectivity index (χ0v) is 14.3. The van der Waals surface area contributed by atoms with Crippen LogP contribution in [0.1, 0.15) is 57.1 Å². The average molecular weight is 334 g/mol. The number of rotatable bonds is 6. The smallest absolute Gasteiger partial charge is 0.223 e. The van der Waals surface area contributed by atoms with Gasteiger partial charge in [0, 0.05) is 12.0 Å². The molecule has 5 heteroatoms. The van der Waals surface area contributed by atoms with E-state index in [1.54, 1.807) is 6.07 Å². The monoisotopic (exact) mass is 334 g/mol. The van der Waals surface area contributed by atoms with Crippen LogP contribution in [0.2, 0.25) is 0 Å². The van der Waals surface area contributed by atoms with Crippen LogP contribution in [0.3, 0.4) is 0 Å². The Balaban J connectivity index is 1.56. The summed E-state index contributed by atoms with van der Waals surface area (Å²) in [5, 5.41) is 2.99. The molecule has 3 N–H and O–H groups in total. The number of amides is 1. The first-order valence-electron chi connectivity index (χ1n) is 9.01. The lowest BCUT2D eigenvalue weighted by Crippen LogP contribution is -2.38. The first-order chi connectivity index (χ1) is 11.5. The van der Waals surface area contributed by atoms with Crippen LogP contribution in [0.5, 0.6) is 5.75 Å². The van der Waals surface area contributed by atoms with Gasteiger partial charge < -0.3 is 15.8 Å². The summed E-state index contributed by atoms with van der Waals surface area (Å²) in [6.07, 6.45) is 5.96. The number of nitrogens with two attached hydrogens (primary N) is 1. The van der Waals surface area contributed by atoms with Crippen LogP contribution in [0.25, 0.3) is 0 Å². The summed E-state index contributed by atoms with van der Waals surface area (Å²) >= 11 is 0. The molecule has 3 unspecified atom stereocenters. The molecule has 1 aromatic rings. The van der Waals surface area contributed by atoms with Gasteiger partial charge in [0.25, 0.3) is 0 Å². The van der Waals surface area contributed by atoms with E-state index in [4.69, 9.17) is 10.5 Å². The van der Waals surface area contributed by atoms with E-state index in [0.717, 1.165) is 31.2 Å². The van der Waals surface area contributed by atoms with E-state index >= 15 is 0 Å². The van der Waals surface area contributed by atoms with Crippen LogP contribution in [0, 0.1) is 17.7 Å². The first-order valence-corrected chi connectivity index (χ1v) is 9.01.